The number of nitrogens with one attached hydrogen (secondary N) is 2. The first-order valence-electron chi connectivity index (χ1n) is 15.5. The van der Waals surface area contributed by atoms with Crippen molar-refractivity contribution < 1.29 is 9.90 Å². The van der Waals surface area contributed by atoms with Crippen LogP contribution in [0.1, 0.15) is 81.0 Å². The minimum Gasteiger partial charge on any atom is -0.508 e. The number of amides is 1. The predicted molar refractivity (Wildman–Crippen MR) is 175 cm³/mol. The summed E-state index contributed by atoms with van der Waals surface area (Å²) in [5, 5.41) is 31.6. The number of anilines is 3. The first-order chi connectivity index (χ1) is 21.7. The lowest BCUT2D eigenvalue weighted by molar-refractivity contribution is -0.117. The van der Waals surface area contributed by atoms with Gasteiger partial charge in [0.2, 0.25) is 11.9 Å². The Labute approximate surface area is 262 Å². The minimum atomic E-state index is -0.792. The lowest BCUT2D eigenvalue weighted by Crippen LogP contribution is -2.20. The number of aromatic nitrogens is 4. The van der Waals surface area contributed by atoms with E-state index >= 15 is 0 Å². The van der Waals surface area contributed by atoms with E-state index in [1.807, 2.05) is 41.3 Å². The van der Waals surface area contributed by atoms with Gasteiger partial charge in [0.15, 0.2) is 0 Å². The minimum absolute atomic E-state index is 0.0365. The summed E-state index contributed by atoms with van der Waals surface area (Å²) in [5.41, 5.74) is 6.33. The van der Waals surface area contributed by atoms with Crippen molar-refractivity contribution >= 4 is 34.1 Å². The van der Waals surface area contributed by atoms with Gasteiger partial charge in [-0.1, -0.05) is 18.2 Å². The van der Waals surface area contributed by atoms with E-state index in [1.54, 1.807) is 39.1 Å². The average Bonchev–Trinajstić information content (AvgIpc) is 3.99. The van der Waals surface area contributed by atoms with Crippen LogP contribution < -0.4 is 10.6 Å². The molecular weight excluding hydrogens is 562 g/mol. The molecule has 9 nitrogen and oxygen atoms in total. The van der Waals surface area contributed by atoms with Gasteiger partial charge in [-0.25, -0.2) is 9.97 Å². The van der Waals surface area contributed by atoms with E-state index in [4.69, 9.17) is 4.98 Å². The first-order valence-corrected chi connectivity index (χ1v) is 15.5. The van der Waals surface area contributed by atoms with E-state index in [2.05, 4.69) is 45.0 Å². The third-order valence-corrected chi connectivity index (χ3v) is 8.84. The van der Waals surface area contributed by atoms with Crippen LogP contribution in [-0.4, -0.2) is 30.8 Å². The fourth-order valence-corrected chi connectivity index (χ4v) is 5.68. The maximum absolute atomic E-state index is 13.4. The molecule has 0 radical (unpaired) electrons. The summed E-state index contributed by atoms with van der Waals surface area (Å²) >= 11 is 0. The summed E-state index contributed by atoms with van der Waals surface area (Å²) in [6.07, 6.45) is 10.3. The van der Waals surface area contributed by atoms with E-state index in [0.717, 1.165) is 40.6 Å². The number of nitriles is 1. The number of hydrogen-bond donors (Lipinski definition) is 3. The predicted octanol–water partition coefficient (Wildman–Crippen LogP) is 7.70. The highest BCUT2D eigenvalue weighted by Crippen LogP contribution is 2.45. The Hall–Kier alpha value is -5.23. The molecule has 2 heterocycles. The smallest absolute Gasteiger partial charge is 0.231 e. The lowest BCUT2D eigenvalue weighted by atomic mass is 9.84. The van der Waals surface area contributed by atoms with Crippen LogP contribution in [0.5, 0.6) is 5.75 Å². The number of aromatic hydroxyl groups is 1. The Kier molecular flexibility index (Phi) is 7.00. The largest absolute Gasteiger partial charge is 0.508 e. The molecule has 5 aromatic rings. The molecule has 1 amide bonds. The summed E-state index contributed by atoms with van der Waals surface area (Å²) in [5.74, 6) is 0.335. The van der Waals surface area contributed by atoms with Gasteiger partial charge in [-0.15, -0.1) is 0 Å². The van der Waals surface area contributed by atoms with Crippen molar-refractivity contribution in [2.45, 2.75) is 69.7 Å². The van der Waals surface area contributed by atoms with Gasteiger partial charge in [0.05, 0.1) is 40.8 Å². The van der Waals surface area contributed by atoms with Crippen molar-refractivity contribution in [3.8, 4) is 22.9 Å². The van der Waals surface area contributed by atoms with Crippen molar-refractivity contribution in [3.05, 3.63) is 89.9 Å². The van der Waals surface area contributed by atoms with Gasteiger partial charge >= 0.3 is 0 Å². The van der Waals surface area contributed by atoms with E-state index < -0.39 is 11.3 Å². The van der Waals surface area contributed by atoms with Crippen molar-refractivity contribution in [1.29, 1.82) is 5.26 Å². The third kappa shape index (κ3) is 5.96. The number of phenols is 1. The van der Waals surface area contributed by atoms with Gasteiger partial charge in [0, 0.05) is 23.5 Å². The van der Waals surface area contributed by atoms with Gasteiger partial charge in [0.1, 0.15) is 5.75 Å². The van der Waals surface area contributed by atoms with E-state index in [0.29, 0.717) is 34.7 Å². The van der Waals surface area contributed by atoms with Gasteiger partial charge in [-0.3, -0.25) is 9.48 Å². The number of fused-ring (bicyclic) bond motifs is 1. The van der Waals surface area contributed by atoms with Gasteiger partial charge < -0.3 is 15.7 Å². The van der Waals surface area contributed by atoms with Crippen LogP contribution in [0.25, 0.3) is 22.0 Å². The summed E-state index contributed by atoms with van der Waals surface area (Å²) in [4.78, 5) is 22.7. The average molecular weight is 598 g/mol. The van der Waals surface area contributed by atoms with E-state index in [1.165, 1.54) is 18.4 Å². The second-order valence-electron chi connectivity index (χ2n) is 12.9. The van der Waals surface area contributed by atoms with Crippen LogP contribution in [-0.2, 0) is 10.2 Å². The van der Waals surface area contributed by atoms with Crippen LogP contribution in [0.2, 0.25) is 0 Å². The number of nitrogens with zero attached hydrogens (tertiary/aromatic N) is 5. The van der Waals surface area contributed by atoms with Crippen molar-refractivity contribution in [2.75, 3.05) is 10.6 Å². The van der Waals surface area contributed by atoms with Crippen molar-refractivity contribution in [3.63, 3.8) is 0 Å². The molecule has 3 aromatic carbocycles. The van der Waals surface area contributed by atoms with Crippen LogP contribution in [0.15, 0.2) is 73.2 Å². The summed E-state index contributed by atoms with van der Waals surface area (Å²) in [6, 6.07) is 20.1. The number of carbonyl (C=O) groups excluding carboxylic acids is 1. The fraction of sp³-hybridized carbons (Fsp3) is 0.306. The van der Waals surface area contributed by atoms with Crippen LogP contribution in [0, 0.1) is 11.3 Å². The standard InChI is InChI=1S/C36H35N7O2/c1-21(24-13-26(15-30(44)14-24)36(2,3)20-37)34(45)40-27-7-10-31(22-4-5-22)32(16-27)23-6-11-33-25(12-23)17-38-35(42-33)41-28-18-39-43(19-28)29-8-9-29/h6-7,10-19,21-22,29,44H,4-5,8-9H2,1-3H3,(H,40,45)(H,38,41,42). The molecule has 2 aromatic heterocycles. The molecule has 45 heavy (non-hydrogen) atoms. The molecule has 0 spiro atoms. The van der Waals surface area contributed by atoms with Gasteiger partial charge in [-0.2, -0.15) is 10.4 Å². The molecule has 2 fully saturated rings. The van der Waals surface area contributed by atoms with Gasteiger partial charge in [-0.05, 0) is 117 Å². The molecule has 0 aliphatic heterocycles. The van der Waals surface area contributed by atoms with Crippen LogP contribution in [0.4, 0.5) is 17.3 Å². The highest BCUT2D eigenvalue weighted by atomic mass is 16.3. The van der Waals surface area contributed by atoms with Gasteiger partial charge in [0.25, 0.3) is 0 Å². The highest BCUT2D eigenvalue weighted by molar-refractivity contribution is 5.96. The number of rotatable bonds is 9. The Balaban J connectivity index is 1.13. The molecular formula is C36H35N7O2. The Morgan fingerprint density at radius 2 is 1.87 bits per heavy atom. The second kappa shape index (κ2) is 11.0. The highest BCUT2D eigenvalue weighted by Gasteiger charge is 2.28. The number of phenolic OH excluding ortho intramolecular Hbond substituents is 1. The number of hydrogen-bond acceptors (Lipinski definition) is 7. The molecule has 3 N–H and O–H groups in total. The molecule has 1 unspecified atom stereocenters. The molecule has 226 valence electrons. The Morgan fingerprint density at radius 1 is 1.04 bits per heavy atom. The fourth-order valence-electron chi connectivity index (χ4n) is 5.68. The SMILES string of the molecule is CC(C(=O)Nc1ccc(C2CC2)c(-c2ccc3nc(Nc4cnn(C5CC5)c4)ncc3c2)c1)c1cc(O)cc(C(C)(C)C#N)c1. The molecule has 2 aliphatic rings. The zero-order valence-corrected chi connectivity index (χ0v) is 25.6. The second-order valence-corrected chi connectivity index (χ2v) is 12.9. The number of benzene rings is 3. The molecule has 2 saturated carbocycles. The normalized spacial score (nSPS) is 15.4. The molecule has 0 saturated heterocycles. The summed E-state index contributed by atoms with van der Waals surface area (Å²) < 4.78 is 1.99. The Bertz CT molecular complexity index is 1980. The molecule has 9 heteroatoms. The van der Waals surface area contributed by atoms with E-state index in [9.17, 15) is 15.2 Å². The summed E-state index contributed by atoms with van der Waals surface area (Å²) in [6.45, 7) is 5.39. The molecule has 2 aliphatic carbocycles. The monoisotopic (exact) mass is 597 g/mol. The zero-order valence-electron chi connectivity index (χ0n) is 25.6. The molecule has 1 atom stereocenters. The van der Waals surface area contributed by atoms with Crippen LogP contribution in [0.3, 0.4) is 0 Å². The molecule has 7 rings (SSSR count). The zero-order chi connectivity index (χ0) is 31.3. The Morgan fingerprint density at radius 3 is 2.62 bits per heavy atom. The van der Waals surface area contributed by atoms with Crippen molar-refractivity contribution in [1.82, 2.24) is 19.7 Å². The quantitative estimate of drug-likeness (QED) is 0.159. The maximum Gasteiger partial charge on any atom is 0.231 e. The number of carbonyl (C=O) groups is 1. The summed E-state index contributed by atoms with van der Waals surface area (Å²) in [7, 11) is 0. The van der Waals surface area contributed by atoms with E-state index in [-0.39, 0.29) is 11.7 Å². The first kappa shape index (κ1) is 28.5. The third-order valence-electron chi connectivity index (χ3n) is 8.84. The topological polar surface area (TPSA) is 129 Å². The maximum atomic E-state index is 13.4. The lowest BCUT2D eigenvalue weighted by Gasteiger charge is -2.20. The van der Waals surface area contributed by atoms with Crippen LogP contribution >= 0.6 is 0 Å². The van der Waals surface area contributed by atoms with Crippen molar-refractivity contribution in [2.24, 2.45) is 0 Å². The molecule has 0 bridgehead atoms.